The topological polar surface area (TPSA) is 38.5 Å². The molecule has 1 aromatic heterocycles. The molecule has 0 saturated carbocycles. The van der Waals surface area contributed by atoms with E-state index in [0.717, 1.165) is 42.0 Å². The Hall–Kier alpha value is -2.59. The molecule has 0 atom stereocenters. The van der Waals surface area contributed by atoms with Gasteiger partial charge in [0.1, 0.15) is 11.3 Å². The Morgan fingerprint density at radius 2 is 1.57 bits per heavy atom. The van der Waals surface area contributed by atoms with Crippen molar-refractivity contribution in [2.45, 2.75) is 46.0 Å². The van der Waals surface area contributed by atoms with Crippen LogP contribution in [-0.4, -0.2) is 36.1 Å². The van der Waals surface area contributed by atoms with Gasteiger partial charge in [-0.15, -0.1) is 0 Å². The third-order valence-corrected chi connectivity index (χ3v) is 5.17. The quantitative estimate of drug-likeness (QED) is 0.297. The Morgan fingerprint density at radius 1 is 0.867 bits per heavy atom. The van der Waals surface area contributed by atoms with Gasteiger partial charge in [-0.2, -0.15) is 0 Å². The molecule has 0 amide bonds. The second-order valence-electron chi connectivity index (χ2n) is 7.64. The molecule has 0 fully saturated rings. The standard InChI is InChI=1S/C26H34N2O2/c1-3-5-18-28(19-6-4-2)20-11-21-29-24-14-9-7-12-22(24)16-17-26-27-23-13-8-10-15-25(23)30-26/h7-10,12-17H,3-6,11,18-21H2,1-2H3. The number of oxazole rings is 1. The van der Waals surface area contributed by atoms with Crippen molar-refractivity contribution in [2.75, 3.05) is 26.2 Å². The van der Waals surface area contributed by atoms with Crippen LogP contribution in [0.3, 0.4) is 0 Å². The molecule has 3 rings (SSSR count). The van der Waals surface area contributed by atoms with Gasteiger partial charge < -0.3 is 14.1 Å². The van der Waals surface area contributed by atoms with Crippen molar-refractivity contribution in [3.8, 4) is 5.75 Å². The number of nitrogens with zero attached hydrogens (tertiary/aromatic N) is 2. The molecule has 0 aliphatic carbocycles. The smallest absolute Gasteiger partial charge is 0.220 e. The molecule has 0 saturated heterocycles. The molecule has 0 radical (unpaired) electrons. The molecular weight excluding hydrogens is 372 g/mol. The Kier molecular flexibility index (Phi) is 8.98. The van der Waals surface area contributed by atoms with E-state index < -0.39 is 0 Å². The Bertz CT molecular complexity index is 875. The van der Waals surface area contributed by atoms with Crippen LogP contribution in [0.5, 0.6) is 5.75 Å². The first-order chi connectivity index (χ1) is 14.8. The summed E-state index contributed by atoms with van der Waals surface area (Å²) in [6, 6.07) is 15.9. The molecule has 0 spiro atoms. The third kappa shape index (κ3) is 6.74. The summed E-state index contributed by atoms with van der Waals surface area (Å²) in [7, 11) is 0. The van der Waals surface area contributed by atoms with Gasteiger partial charge in [0, 0.05) is 18.2 Å². The van der Waals surface area contributed by atoms with Crippen LogP contribution in [0.15, 0.2) is 52.9 Å². The van der Waals surface area contributed by atoms with Crippen molar-refractivity contribution in [1.29, 1.82) is 0 Å². The van der Waals surface area contributed by atoms with E-state index in [2.05, 4.69) is 29.8 Å². The van der Waals surface area contributed by atoms with Gasteiger partial charge in [-0.1, -0.05) is 57.0 Å². The minimum Gasteiger partial charge on any atom is -0.493 e. The maximum absolute atomic E-state index is 6.11. The minimum atomic E-state index is 0.605. The maximum atomic E-state index is 6.11. The molecule has 0 bridgehead atoms. The van der Waals surface area contributed by atoms with E-state index in [-0.39, 0.29) is 0 Å². The van der Waals surface area contributed by atoms with Gasteiger partial charge in [0.2, 0.25) is 5.89 Å². The number of hydrogen-bond donors (Lipinski definition) is 0. The first-order valence-electron chi connectivity index (χ1n) is 11.3. The molecular formula is C26H34N2O2. The highest BCUT2D eigenvalue weighted by Gasteiger charge is 2.06. The fraction of sp³-hybridized carbons (Fsp3) is 0.423. The summed E-state index contributed by atoms with van der Waals surface area (Å²) >= 11 is 0. The number of fused-ring (bicyclic) bond motifs is 1. The lowest BCUT2D eigenvalue weighted by atomic mass is 10.2. The van der Waals surface area contributed by atoms with E-state index in [1.54, 1.807) is 0 Å². The van der Waals surface area contributed by atoms with E-state index in [1.165, 1.54) is 38.8 Å². The van der Waals surface area contributed by atoms with Crippen molar-refractivity contribution < 1.29 is 9.15 Å². The average molecular weight is 407 g/mol. The monoisotopic (exact) mass is 406 g/mol. The number of unbranched alkanes of at least 4 members (excludes halogenated alkanes) is 2. The average Bonchev–Trinajstić information content (AvgIpc) is 3.20. The second-order valence-corrected chi connectivity index (χ2v) is 7.64. The van der Waals surface area contributed by atoms with Gasteiger partial charge >= 0.3 is 0 Å². The summed E-state index contributed by atoms with van der Waals surface area (Å²) in [5.74, 6) is 1.51. The zero-order valence-electron chi connectivity index (χ0n) is 18.3. The largest absolute Gasteiger partial charge is 0.493 e. The molecule has 160 valence electrons. The number of para-hydroxylation sites is 3. The molecule has 0 aliphatic rings. The lowest BCUT2D eigenvalue weighted by molar-refractivity contribution is 0.229. The highest BCUT2D eigenvalue weighted by Crippen LogP contribution is 2.22. The highest BCUT2D eigenvalue weighted by atomic mass is 16.5. The third-order valence-electron chi connectivity index (χ3n) is 5.17. The van der Waals surface area contributed by atoms with Gasteiger partial charge in [0.15, 0.2) is 5.58 Å². The number of benzene rings is 2. The number of rotatable bonds is 13. The number of aromatic nitrogens is 1. The molecule has 1 heterocycles. The van der Waals surface area contributed by atoms with E-state index >= 15 is 0 Å². The molecule has 0 aliphatic heterocycles. The van der Waals surface area contributed by atoms with E-state index in [4.69, 9.17) is 9.15 Å². The summed E-state index contributed by atoms with van der Waals surface area (Å²) in [4.78, 5) is 7.08. The van der Waals surface area contributed by atoms with Crippen LogP contribution >= 0.6 is 0 Å². The predicted molar refractivity (Wildman–Crippen MR) is 126 cm³/mol. The van der Waals surface area contributed by atoms with Gasteiger partial charge in [0.05, 0.1) is 6.61 Å². The summed E-state index contributed by atoms with van der Waals surface area (Å²) in [5.41, 5.74) is 2.71. The molecule has 0 unspecified atom stereocenters. The Balaban J connectivity index is 1.54. The van der Waals surface area contributed by atoms with Crippen molar-refractivity contribution in [1.82, 2.24) is 9.88 Å². The van der Waals surface area contributed by atoms with Crippen LogP contribution in [0.4, 0.5) is 0 Å². The Morgan fingerprint density at radius 3 is 2.33 bits per heavy atom. The maximum Gasteiger partial charge on any atom is 0.220 e. The van der Waals surface area contributed by atoms with Crippen LogP contribution in [0.2, 0.25) is 0 Å². The predicted octanol–water partition coefficient (Wildman–Crippen LogP) is 6.67. The number of hydrogen-bond acceptors (Lipinski definition) is 4. The lowest BCUT2D eigenvalue weighted by Crippen LogP contribution is -2.28. The van der Waals surface area contributed by atoms with Crippen LogP contribution in [0, 0.1) is 0 Å². The van der Waals surface area contributed by atoms with Gasteiger partial charge in [-0.3, -0.25) is 0 Å². The summed E-state index contributed by atoms with van der Waals surface area (Å²) in [6.45, 7) is 8.73. The van der Waals surface area contributed by atoms with Crippen molar-refractivity contribution >= 4 is 23.3 Å². The Labute approximate surface area is 180 Å². The van der Waals surface area contributed by atoms with Gasteiger partial charge in [0.25, 0.3) is 0 Å². The molecule has 4 heteroatoms. The van der Waals surface area contributed by atoms with Crippen LogP contribution in [0.25, 0.3) is 23.3 Å². The SMILES string of the molecule is CCCCN(CCCC)CCCOc1ccccc1C=Cc1nc2ccccc2o1. The normalized spacial score (nSPS) is 11.7. The number of ether oxygens (including phenoxy) is 1. The highest BCUT2D eigenvalue weighted by molar-refractivity contribution is 5.76. The summed E-state index contributed by atoms with van der Waals surface area (Å²) < 4.78 is 11.9. The van der Waals surface area contributed by atoms with Crippen molar-refractivity contribution in [2.24, 2.45) is 0 Å². The first-order valence-corrected chi connectivity index (χ1v) is 11.3. The zero-order chi connectivity index (χ0) is 21.0. The van der Waals surface area contributed by atoms with Crippen LogP contribution in [0.1, 0.15) is 57.4 Å². The van der Waals surface area contributed by atoms with Crippen molar-refractivity contribution in [3.63, 3.8) is 0 Å². The molecule has 30 heavy (non-hydrogen) atoms. The van der Waals surface area contributed by atoms with Crippen molar-refractivity contribution in [3.05, 3.63) is 60.0 Å². The van der Waals surface area contributed by atoms with Crippen LogP contribution < -0.4 is 4.74 Å². The summed E-state index contributed by atoms with van der Waals surface area (Å²) in [5, 5.41) is 0. The minimum absolute atomic E-state index is 0.605. The lowest BCUT2D eigenvalue weighted by Gasteiger charge is -2.22. The first kappa shape index (κ1) is 22.1. The van der Waals surface area contributed by atoms with E-state index in [0.29, 0.717) is 5.89 Å². The fourth-order valence-corrected chi connectivity index (χ4v) is 3.44. The molecule has 4 nitrogen and oxygen atoms in total. The fourth-order valence-electron chi connectivity index (χ4n) is 3.44. The van der Waals surface area contributed by atoms with E-state index in [9.17, 15) is 0 Å². The van der Waals surface area contributed by atoms with Gasteiger partial charge in [-0.05, 0) is 56.6 Å². The summed E-state index contributed by atoms with van der Waals surface area (Å²) in [6.07, 6.45) is 9.99. The molecule has 0 N–H and O–H groups in total. The van der Waals surface area contributed by atoms with Gasteiger partial charge in [-0.25, -0.2) is 4.98 Å². The zero-order valence-corrected chi connectivity index (χ0v) is 18.3. The molecule has 2 aromatic carbocycles. The van der Waals surface area contributed by atoms with Crippen LogP contribution in [-0.2, 0) is 0 Å². The molecule has 3 aromatic rings. The second kappa shape index (κ2) is 12.2. The van der Waals surface area contributed by atoms with E-state index in [1.807, 2.05) is 54.6 Å².